The van der Waals surface area contributed by atoms with Crippen LogP contribution in [0.3, 0.4) is 0 Å². The van der Waals surface area contributed by atoms with Gasteiger partial charge in [0.1, 0.15) is 4.75 Å². The second kappa shape index (κ2) is 5.29. The molecule has 1 saturated heterocycles. The Morgan fingerprint density at radius 1 is 1.29 bits per heavy atom. The van der Waals surface area contributed by atoms with Gasteiger partial charge in [0.05, 0.1) is 0 Å². The van der Waals surface area contributed by atoms with Gasteiger partial charge in [-0.1, -0.05) is 11.6 Å². The normalized spacial score (nSPS) is 18.9. The van der Waals surface area contributed by atoms with Gasteiger partial charge in [-0.2, -0.15) is 0 Å². The highest BCUT2D eigenvalue weighted by Crippen LogP contribution is 2.40. The van der Waals surface area contributed by atoms with Crippen LogP contribution < -0.4 is 0 Å². The van der Waals surface area contributed by atoms with E-state index >= 15 is 0 Å². The van der Waals surface area contributed by atoms with Crippen molar-refractivity contribution in [1.29, 1.82) is 0 Å². The fraction of sp³-hybridized carbons (Fsp3) is 0.417. The second-order valence-corrected chi connectivity index (χ2v) is 5.86. The summed E-state index contributed by atoms with van der Waals surface area (Å²) in [5, 5.41) is 10.1. The highest BCUT2D eigenvalue weighted by molar-refractivity contribution is 8.01. The molecule has 5 heteroatoms. The Hall–Kier alpha value is -0.710. The third kappa shape index (κ3) is 2.94. The van der Waals surface area contributed by atoms with Crippen LogP contribution >= 0.6 is 23.4 Å². The lowest BCUT2D eigenvalue weighted by Gasteiger charge is -2.32. The van der Waals surface area contributed by atoms with E-state index in [2.05, 4.69) is 0 Å². The lowest BCUT2D eigenvalue weighted by Crippen LogP contribution is -2.40. The molecular formula is C12H13ClO3S. The zero-order chi connectivity index (χ0) is 12.3. The SMILES string of the molecule is O=C(O)C1(Sc2ccc(Cl)cc2)CCOCC1. The van der Waals surface area contributed by atoms with Crippen LogP contribution in [0.1, 0.15) is 12.8 Å². The molecule has 0 spiro atoms. The highest BCUT2D eigenvalue weighted by atomic mass is 35.5. The molecule has 2 rings (SSSR count). The van der Waals surface area contributed by atoms with E-state index in [-0.39, 0.29) is 0 Å². The largest absolute Gasteiger partial charge is 0.480 e. The number of hydrogen-bond acceptors (Lipinski definition) is 3. The number of hydrogen-bond donors (Lipinski definition) is 1. The molecule has 0 bridgehead atoms. The fourth-order valence-corrected chi connectivity index (χ4v) is 3.10. The summed E-state index contributed by atoms with van der Waals surface area (Å²) in [5.74, 6) is -0.763. The number of rotatable bonds is 3. The molecule has 1 aliphatic rings. The van der Waals surface area contributed by atoms with Crippen LogP contribution in [0.25, 0.3) is 0 Å². The molecule has 1 aromatic rings. The van der Waals surface area contributed by atoms with Crippen molar-refractivity contribution in [3.05, 3.63) is 29.3 Å². The molecule has 1 fully saturated rings. The van der Waals surface area contributed by atoms with Gasteiger partial charge in [0.2, 0.25) is 0 Å². The minimum absolute atomic E-state index is 0.507. The van der Waals surface area contributed by atoms with E-state index in [4.69, 9.17) is 16.3 Å². The van der Waals surface area contributed by atoms with Crippen LogP contribution in [0.4, 0.5) is 0 Å². The van der Waals surface area contributed by atoms with Gasteiger partial charge in [0.25, 0.3) is 0 Å². The molecule has 1 N–H and O–H groups in total. The minimum atomic E-state index is -0.763. The molecule has 0 radical (unpaired) electrons. The van der Waals surface area contributed by atoms with E-state index < -0.39 is 10.7 Å². The molecule has 1 heterocycles. The van der Waals surface area contributed by atoms with Gasteiger partial charge in [-0.15, -0.1) is 11.8 Å². The summed E-state index contributed by atoms with van der Waals surface area (Å²) in [6.45, 7) is 1.01. The number of carbonyl (C=O) groups is 1. The van der Waals surface area contributed by atoms with E-state index in [9.17, 15) is 9.90 Å². The van der Waals surface area contributed by atoms with Gasteiger partial charge in [-0.25, -0.2) is 0 Å². The van der Waals surface area contributed by atoms with E-state index in [0.717, 1.165) is 4.90 Å². The standard InChI is InChI=1S/C12H13ClO3S/c13-9-1-3-10(4-2-9)17-12(11(14)15)5-7-16-8-6-12/h1-4H,5-8H2,(H,14,15). The summed E-state index contributed by atoms with van der Waals surface area (Å²) < 4.78 is 4.48. The first-order chi connectivity index (χ1) is 8.12. The maximum Gasteiger partial charge on any atom is 0.320 e. The van der Waals surface area contributed by atoms with E-state index in [1.54, 1.807) is 12.1 Å². The van der Waals surface area contributed by atoms with Crippen LogP contribution in [0.2, 0.25) is 5.02 Å². The number of halogens is 1. The van der Waals surface area contributed by atoms with E-state index in [0.29, 0.717) is 31.1 Å². The maximum atomic E-state index is 11.4. The smallest absolute Gasteiger partial charge is 0.320 e. The summed E-state index contributed by atoms with van der Waals surface area (Å²) in [6.07, 6.45) is 1.07. The van der Waals surface area contributed by atoms with Crippen molar-refractivity contribution in [3.8, 4) is 0 Å². The summed E-state index contributed by atoms with van der Waals surface area (Å²) in [5.41, 5.74) is 0. The van der Waals surface area contributed by atoms with Crippen molar-refractivity contribution in [3.63, 3.8) is 0 Å². The lowest BCUT2D eigenvalue weighted by molar-refractivity contribution is -0.142. The van der Waals surface area contributed by atoms with Gasteiger partial charge in [0.15, 0.2) is 0 Å². The molecule has 0 unspecified atom stereocenters. The molecule has 3 nitrogen and oxygen atoms in total. The monoisotopic (exact) mass is 272 g/mol. The van der Waals surface area contributed by atoms with Crippen LogP contribution in [0.5, 0.6) is 0 Å². The molecule has 17 heavy (non-hydrogen) atoms. The number of carboxylic acid groups (broad SMARTS) is 1. The summed E-state index contributed by atoms with van der Waals surface area (Å²) in [6, 6.07) is 7.26. The Labute approximate surface area is 109 Å². The zero-order valence-electron chi connectivity index (χ0n) is 9.19. The number of thioether (sulfide) groups is 1. The van der Waals surface area contributed by atoms with Gasteiger partial charge in [-0.3, -0.25) is 4.79 Å². The second-order valence-electron chi connectivity index (χ2n) is 3.97. The van der Waals surface area contributed by atoms with Crippen LogP contribution in [-0.4, -0.2) is 29.0 Å². The summed E-state index contributed by atoms with van der Waals surface area (Å²) in [7, 11) is 0. The summed E-state index contributed by atoms with van der Waals surface area (Å²) in [4.78, 5) is 12.4. The number of carboxylic acids is 1. The first kappa shape index (κ1) is 12.7. The molecule has 0 saturated carbocycles. The Kier molecular flexibility index (Phi) is 3.97. The molecular weight excluding hydrogens is 260 g/mol. The number of aliphatic carboxylic acids is 1. The molecule has 0 atom stereocenters. The average molecular weight is 273 g/mol. The minimum Gasteiger partial charge on any atom is -0.480 e. The number of benzene rings is 1. The molecule has 92 valence electrons. The Balaban J connectivity index is 2.17. The van der Waals surface area contributed by atoms with E-state index in [1.807, 2.05) is 12.1 Å². The molecule has 1 aliphatic heterocycles. The van der Waals surface area contributed by atoms with Gasteiger partial charge >= 0.3 is 5.97 Å². The van der Waals surface area contributed by atoms with Gasteiger partial charge in [0, 0.05) is 23.1 Å². The topological polar surface area (TPSA) is 46.5 Å². The van der Waals surface area contributed by atoms with Crippen molar-refractivity contribution in [2.45, 2.75) is 22.5 Å². The van der Waals surface area contributed by atoms with Crippen LogP contribution in [0, 0.1) is 0 Å². The van der Waals surface area contributed by atoms with E-state index in [1.165, 1.54) is 11.8 Å². The van der Waals surface area contributed by atoms with Crippen LogP contribution in [0.15, 0.2) is 29.2 Å². The van der Waals surface area contributed by atoms with Crippen molar-refractivity contribution in [1.82, 2.24) is 0 Å². The summed E-state index contributed by atoms with van der Waals surface area (Å²) >= 11 is 7.20. The first-order valence-electron chi connectivity index (χ1n) is 5.38. The molecule has 0 amide bonds. The van der Waals surface area contributed by atoms with Crippen molar-refractivity contribution in [2.24, 2.45) is 0 Å². The molecule has 1 aromatic carbocycles. The van der Waals surface area contributed by atoms with Crippen molar-refractivity contribution in [2.75, 3.05) is 13.2 Å². The van der Waals surface area contributed by atoms with Gasteiger partial charge in [-0.05, 0) is 37.1 Å². The lowest BCUT2D eigenvalue weighted by atomic mass is 9.99. The average Bonchev–Trinajstić information content (AvgIpc) is 2.33. The molecule has 0 aliphatic carbocycles. The predicted molar refractivity (Wildman–Crippen MR) is 67.7 cm³/mol. The van der Waals surface area contributed by atoms with Crippen LogP contribution in [-0.2, 0) is 9.53 Å². The Morgan fingerprint density at radius 2 is 1.88 bits per heavy atom. The quantitative estimate of drug-likeness (QED) is 0.919. The fourth-order valence-electron chi connectivity index (χ4n) is 1.79. The third-order valence-electron chi connectivity index (χ3n) is 2.82. The Bertz CT molecular complexity index is 399. The highest BCUT2D eigenvalue weighted by Gasteiger charge is 2.41. The van der Waals surface area contributed by atoms with Gasteiger partial charge < -0.3 is 9.84 Å². The van der Waals surface area contributed by atoms with Crippen molar-refractivity contribution < 1.29 is 14.6 Å². The third-order valence-corrected chi connectivity index (χ3v) is 4.55. The van der Waals surface area contributed by atoms with Crippen molar-refractivity contribution >= 4 is 29.3 Å². The zero-order valence-corrected chi connectivity index (χ0v) is 10.8. The Morgan fingerprint density at radius 3 is 2.41 bits per heavy atom. The number of ether oxygens (including phenoxy) is 1. The predicted octanol–water partition coefficient (Wildman–Crippen LogP) is 3.07. The maximum absolute atomic E-state index is 11.4. The first-order valence-corrected chi connectivity index (χ1v) is 6.58. The molecule has 0 aromatic heterocycles.